The number of fused-ring (bicyclic) bond motifs is 1. The summed E-state index contributed by atoms with van der Waals surface area (Å²) in [6.07, 6.45) is 4.00. The van der Waals surface area contributed by atoms with Gasteiger partial charge in [0.15, 0.2) is 0 Å². The maximum Gasteiger partial charge on any atom is 0.123 e. The monoisotopic (exact) mass is 313 g/mol. The summed E-state index contributed by atoms with van der Waals surface area (Å²) in [6, 6.07) is 9.95. The van der Waals surface area contributed by atoms with E-state index in [1.807, 2.05) is 24.3 Å². The zero-order valence-corrected chi connectivity index (χ0v) is 13.7. The summed E-state index contributed by atoms with van der Waals surface area (Å²) >= 11 is 0. The van der Waals surface area contributed by atoms with Crippen molar-refractivity contribution >= 4 is 11.0 Å². The Kier molecular flexibility index (Phi) is 4.98. The average Bonchev–Trinajstić information content (AvgIpc) is 3.20. The van der Waals surface area contributed by atoms with E-state index in [-0.39, 0.29) is 0 Å². The Morgan fingerprint density at radius 2 is 2.17 bits per heavy atom. The summed E-state index contributed by atoms with van der Waals surface area (Å²) in [6.45, 7) is 4.60. The Hall–Kier alpha value is -2.27. The van der Waals surface area contributed by atoms with Crippen LogP contribution in [0.15, 0.2) is 41.0 Å². The molecule has 0 aliphatic carbocycles. The Morgan fingerprint density at radius 1 is 1.26 bits per heavy atom. The van der Waals surface area contributed by atoms with Crippen LogP contribution in [-0.2, 0) is 19.6 Å². The van der Waals surface area contributed by atoms with Crippen molar-refractivity contribution in [3.8, 4) is 5.75 Å². The van der Waals surface area contributed by atoms with Gasteiger partial charge in [-0.2, -0.15) is 0 Å². The quantitative estimate of drug-likeness (QED) is 0.688. The van der Waals surface area contributed by atoms with Crippen LogP contribution in [0.3, 0.4) is 0 Å². The second kappa shape index (κ2) is 7.33. The van der Waals surface area contributed by atoms with Crippen LogP contribution >= 0.6 is 0 Å². The molecule has 0 fully saturated rings. The minimum atomic E-state index is 0.702. The van der Waals surface area contributed by atoms with Crippen LogP contribution in [0.2, 0.25) is 0 Å². The summed E-state index contributed by atoms with van der Waals surface area (Å²) < 4.78 is 13.0. The van der Waals surface area contributed by atoms with Gasteiger partial charge in [-0.3, -0.25) is 0 Å². The first-order chi connectivity index (χ1) is 11.3. The molecule has 0 atom stereocenters. The molecule has 0 amide bonds. The maximum atomic E-state index is 5.35. The third-order valence-electron chi connectivity index (χ3n) is 3.93. The number of unbranched alkanes of at least 4 members (excludes halogenated alkanes) is 1. The van der Waals surface area contributed by atoms with E-state index in [9.17, 15) is 0 Å². The second-order valence-corrected chi connectivity index (χ2v) is 5.57. The molecule has 3 rings (SSSR count). The second-order valence-electron chi connectivity index (χ2n) is 5.57. The lowest BCUT2D eigenvalue weighted by atomic mass is 10.3. The first kappa shape index (κ1) is 15.6. The fraction of sp³-hybridized carbons (Fsp3) is 0.389. The molecule has 2 heterocycles. The van der Waals surface area contributed by atoms with Crippen molar-refractivity contribution in [3.63, 3.8) is 0 Å². The first-order valence-corrected chi connectivity index (χ1v) is 8.08. The SMILES string of the molecule is CCCCn1c(CNCc2ccco2)nc2cc(OC)ccc21. The summed E-state index contributed by atoms with van der Waals surface area (Å²) in [7, 11) is 1.68. The highest BCUT2D eigenvalue weighted by Gasteiger charge is 2.11. The molecule has 0 aliphatic heterocycles. The number of aryl methyl sites for hydroxylation is 1. The average molecular weight is 313 g/mol. The van der Waals surface area contributed by atoms with Crippen molar-refractivity contribution in [2.75, 3.05) is 7.11 Å². The first-order valence-electron chi connectivity index (χ1n) is 8.08. The molecule has 0 bridgehead atoms. The molecule has 1 aromatic carbocycles. The number of imidazole rings is 1. The van der Waals surface area contributed by atoms with Gasteiger partial charge < -0.3 is 19.0 Å². The van der Waals surface area contributed by atoms with Crippen molar-refractivity contribution in [3.05, 3.63) is 48.2 Å². The summed E-state index contributed by atoms with van der Waals surface area (Å²) in [4.78, 5) is 4.78. The molecule has 0 aliphatic rings. The van der Waals surface area contributed by atoms with Crippen LogP contribution in [0.4, 0.5) is 0 Å². The van der Waals surface area contributed by atoms with Crippen molar-refractivity contribution in [2.45, 2.75) is 39.4 Å². The molecule has 0 radical (unpaired) electrons. The lowest BCUT2D eigenvalue weighted by molar-refractivity contribution is 0.415. The van der Waals surface area contributed by atoms with Gasteiger partial charge in [0.05, 0.1) is 37.5 Å². The van der Waals surface area contributed by atoms with E-state index in [1.165, 1.54) is 0 Å². The molecule has 2 aromatic heterocycles. The van der Waals surface area contributed by atoms with Gasteiger partial charge in [-0.15, -0.1) is 0 Å². The van der Waals surface area contributed by atoms with Gasteiger partial charge in [-0.1, -0.05) is 13.3 Å². The van der Waals surface area contributed by atoms with Crippen LogP contribution in [0.5, 0.6) is 5.75 Å². The molecule has 0 saturated carbocycles. The highest BCUT2D eigenvalue weighted by atomic mass is 16.5. The van der Waals surface area contributed by atoms with Crippen LogP contribution in [0.1, 0.15) is 31.4 Å². The van der Waals surface area contributed by atoms with E-state index < -0.39 is 0 Å². The van der Waals surface area contributed by atoms with Crippen molar-refractivity contribution in [2.24, 2.45) is 0 Å². The largest absolute Gasteiger partial charge is 0.497 e. The van der Waals surface area contributed by atoms with Gasteiger partial charge in [-0.05, 0) is 30.7 Å². The summed E-state index contributed by atoms with van der Waals surface area (Å²) in [5, 5.41) is 3.40. The molecule has 1 N–H and O–H groups in total. The zero-order valence-electron chi connectivity index (χ0n) is 13.7. The van der Waals surface area contributed by atoms with Crippen molar-refractivity contribution < 1.29 is 9.15 Å². The number of hydrogen-bond donors (Lipinski definition) is 1. The number of hydrogen-bond acceptors (Lipinski definition) is 4. The zero-order chi connectivity index (χ0) is 16.1. The molecule has 0 saturated heterocycles. The fourth-order valence-corrected chi connectivity index (χ4v) is 2.70. The van der Waals surface area contributed by atoms with Gasteiger partial charge in [-0.25, -0.2) is 4.98 Å². The lowest BCUT2D eigenvalue weighted by Crippen LogP contribution is -2.16. The number of furan rings is 1. The minimum Gasteiger partial charge on any atom is -0.497 e. The minimum absolute atomic E-state index is 0.702. The van der Waals surface area contributed by atoms with Gasteiger partial charge >= 0.3 is 0 Å². The topological polar surface area (TPSA) is 52.2 Å². The van der Waals surface area contributed by atoms with E-state index in [0.29, 0.717) is 13.1 Å². The summed E-state index contributed by atoms with van der Waals surface area (Å²) in [5.74, 6) is 2.82. The van der Waals surface area contributed by atoms with Gasteiger partial charge in [0.2, 0.25) is 0 Å². The van der Waals surface area contributed by atoms with E-state index in [0.717, 1.165) is 47.8 Å². The smallest absolute Gasteiger partial charge is 0.123 e. The number of rotatable bonds is 8. The van der Waals surface area contributed by atoms with Crippen molar-refractivity contribution in [1.29, 1.82) is 0 Å². The van der Waals surface area contributed by atoms with Crippen LogP contribution in [0, 0.1) is 0 Å². The maximum absolute atomic E-state index is 5.35. The fourth-order valence-electron chi connectivity index (χ4n) is 2.70. The third-order valence-corrected chi connectivity index (χ3v) is 3.93. The van der Waals surface area contributed by atoms with Crippen molar-refractivity contribution in [1.82, 2.24) is 14.9 Å². The van der Waals surface area contributed by atoms with Gasteiger partial charge in [0, 0.05) is 12.6 Å². The highest BCUT2D eigenvalue weighted by Crippen LogP contribution is 2.22. The number of nitrogens with zero attached hydrogens (tertiary/aromatic N) is 2. The number of methoxy groups -OCH3 is 1. The Labute approximate surface area is 136 Å². The molecule has 5 nitrogen and oxygen atoms in total. The van der Waals surface area contributed by atoms with Crippen LogP contribution in [0.25, 0.3) is 11.0 Å². The Balaban J connectivity index is 1.81. The normalized spacial score (nSPS) is 11.2. The number of aromatic nitrogens is 2. The molecule has 0 spiro atoms. The molecule has 3 aromatic rings. The Morgan fingerprint density at radius 3 is 2.91 bits per heavy atom. The third kappa shape index (κ3) is 3.56. The molecule has 0 unspecified atom stereocenters. The number of nitrogens with one attached hydrogen (secondary N) is 1. The van der Waals surface area contributed by atoms with Crippen LogP contribution < -0.4 is 10.1 Å². The van der Waals surface area contributed by atoms with E-state index in [1.54, 1.807) is 13.4 Å². The molecular weight excluding hydrogens is 290 g/mol. The van der Waals surface area contributed by atoms with Gasteiger partial charge in [0.25, 0.3) is 0 Å². The molecule has 5 heteroatoms. The van der Waals surface area contributed by atoms with E-state index >= 15 is 0 Å². The predicted molar refractivity (Wildman–Crippen MR) is 90.4 cm³/mol. The summed E-state index contributed by atoms with van der Waals surface area (Å²) in [5.41, 5.74) is 2.14. The standard InChI is InChI=1S/C18H23N3O2/c1-3-4-9-21-17-8-7-14(22-2)11-16(17)20-18(21)13-19-12-15-6-5-10-23-15/h5-8,10-11,19H,3-4,9,12-13H2,1-2H3. The number of benzene rings is 1. The van der Waals surface area contributed by atoms with E-state index in [4.69, 9.17) is 14.1 Å². The highest BCUT2D eigenvalue weighted by molar-refractivity contribution is 5.77. The van der Waals surface area contributed by atoms with Gasteiger partial charge in [0.1, 0.15) is 17.3 Å². The lowest BCUT2D eigenvalue weighted by Gasteiger charge is -2.09. The molecular formula is C18H23N3O2. The molecule has 23 heavy (non-hydrogen) atoms. The number of ether oxygens (including phenoxy) is 1. The van der Waals surface area contributed by atoms with E-state index in [2.05, 4.69) is 22.9 Å². The molecule has 122 valence electrons. The predicted octanol–water partition coefficient (Wildman–Crippen LogP) is 3.73. The Bertz CT molecular complexity index is 747. The van der Waals surface area contributed by atoms with Crippen LogP contribution in [-0.4, -0.2) is 16.7 Å².